The Morgan fingerprint density at radius 3 is 1.63 bits per heavy atom. The van der Waals surface area contributed by atoms with Crippen LogP contribution in [0.3, 0.4) is 0 Å². The van der Waals surface area contributed by atoms with Crippen LogP contribution in [0.5, 0.6) is 0 Å². The summed E-state index contributed by atoms with van der Waals surface area (Å²) >= 11 is 0. The lowest BCUT2D eigenvalue weighted by Gasteiger charge is -2.16. The van der Waals surface area contributed by atoms with Gasteiger partial charge >= 0.3 is 0 Å². The molecule has 0 fully saturated rings. The number of aryl methyl sites for hydroxylation is 2. The SMILES string of the molecule is Cc1ccccc1-c1c(C)cccc1-c1ccc(-n2c3ccccc3c3ccc(-c4cccc(-c5nc(-c6ccccc6)cc(-c6ccccc6)n5)c4)cc32)cc1. The number of rotatable bonds is 7. The van der Waals surface area contributed by atoms with E-state index >= 15 is 0 Å². The first-order valence-electron chi connectivity index (χ1n) is 19.5. The number of nitrogens with zero attached hydrogens (tertiary/aromatic N) is 3. The molecule has 2 heterocycles. The number of para-hydroxylation sites is 1. The maximum atomic E-state index is 5.11. The second-order valence-electron chi connectivity index (χ2n) is 14.7. The summed E-state index contributed by atoms with van der Waals surface area (Å²) in [6, 6.07) is 71.3. The summed E-state index contributed by atoms with van der Waals surface area (Å²) in [4.78, 5) is 10.2. The monoisotopic (exact) mass is 729 g/mol. The normalized spacial score (nSPS) is 11.3. The van der Waals surface area contributed by atoms with E-state index < -0.39 is 0 Å². The van der Waals surface area contributed by atoms with Crippen LogP contribution in [0.25, 0.3) is 94.8 Å². The van der Waals surface area contributed by atoms with E-state index in [0.29, 0.717) is 5.82 Å². The molecular weight excluding hydrogens is 691 g/mol. The van der Waals surface area contributed by atoms with E-state index in [1.807, 2.05) is 12.1 Å². The molecular formula is C54H39N3. The predicted octanol–water partition coefficient (Wildman–Crippen LogP) is 14.2. The van der Waals surface area contributed by atoms with Crippen molar-refractivity contribution >= 4 is 21.8 Å². The average molecular weight is 730 g/mol. The number of fused-ring (bicyclic) bond motifs is 3. The molecule has 0 saturated carbocycles. The molecule has 2 aromatic heterocycles. The smallest absolute Gasteiger partial charge is 0.160 e. The molecule has 57 heavy (non-hydrogen) atoms. The Kier molecular flexibility index (Phi) is 8.61. The fourth-order valence-electron chi connectivity index (χ4n) is 8.27. The van der Waals surface area contributed by atoms with E-state index in [9.17, 15) is 0 Å². The van der Waals surface area contributed by atoms with Gasteiger partial charge in [-0.15, -0.1) is 0 Å². The van der Waals surface area contributed by atoms with E-state index in [2.05, 4.69) is 206 Å². The zero-order chi connectivity index (χ0) is 38.3. The molecule has 3 heteroatoms. The minimum Gasteiger partial charge on any atom is -0.309 e. The molecule has 8 aromatic carbocycles. The fraction of sp³-hybridized carbons (Fsp3) is 0.0370. The quantitative estimate of drug-likeness (QED) is 0.164. The number of benzene rings is 8. The molecule has 270 valence electrons. The van der Waals surface area contributed by atoms with Gasteiger partial charge in [0.05, 0.1) is 22.4 Å². The highest BCUT2D eigenvalue weighted by atomic mass is 15.0. The molecule has 0 aliphatic carbocycles. The number of hydrogen-bond acceptors (Lipinski definition) is 2. The van der Waals surface area contributed by atoms with Gasteiger partial charge in [-0.25, -0.2) is 9.97 Å². The molecule has 0 spiro atoms. The molecule has 0 amide bonds. The van der Waals surface area contributed by atoms with Crippen LogP contribution in [0.1, 0.15) is 11.1 Å². The molecule has 0 unspecified atom stereocenters. The maximum Gasteiger partial charge on any atom is 0.160 e. The summed E-state index contributed by atoms with van der Waals surface area (Å²) < 4.78 is 2.40. The third kappa shape index (κ3) is 6.30. The van der Waals surface area contributed by atoms with Crippen molar-refractivity contribution in [1.29, 1.82) is 0 Å². The van der Waals surface area contributed by atoms with E-state index in [1.54, 1.807) is 0 Å². The van der Waals surface area contributed by atoms with Crippen LogP contribution in [0.15, 0.2) is 200 Å². The molecule has 0 aliphatic rings. The molecule has 10 aromatic rings. The number of hydrogen-bond donors (Lipinski definition) is 0. The van der Waals surface area contributed by atoms with E-state index in [1.165, 1.54) is 49.7 Å². The van der Waals surface area contributed by atoms with Crippen LogP contribution in [0.4, 0.5) is 0 Å². The Balaban J connectivity index is 1.07. The van der Waals surface area contributed by atoms with E-state index in [0.717, 1.165) is 50.4 Å². The highest BCUT2D eigenvalue weighted by molar-refractivity contribution is 6.10. The highest BCUT2D eigenvalue weighted by Crippen LogP contribution is 2.39. The van der Waals surface area contributed by atoms with Gasteiger partial charge in [0.25, 0.3) is 0 Å². The van der Waals surface area contributed by atoms with Gasteiger partial charge in [0.15, 0.2) is 5.82 Å². The third-order valence-electron chi connectivity index (χ3n) is 11.1. The van der Waals surface area contributed by atoms with Crippen LogP contribution in [0.2, 0.25) is 0 Å². The van der Waals surface area contributed by atoms with Crippen molar-refractivity contribution in [2.24, 2.45) is 0 Å². The summed E-state index contributed by atoms with van der Waals surface area (Å²) in [6.07, 6.45) is 0. The summed E-state index contributed by atoms with van der Waals surface area (Å²) in [5, 5.41) is 2.46. The van der Waals surface area contributed by atoms with Crippen molar-refractivity contribution in [3.63, 3.8) is 0 Å². The minimum absolute atomic E-state index is 0.700. The van der Waals surface area contributed by atoms with Gasteiger partial charge in [-0.3, -0.25) is 0 Å². The fourth-order valence-corrected chi connectivity index (χ4v) is 8.27. The van der Waals surface area contributed by atoms with Gasteiger partial charge in [0.1, 0.15) is 0 Å². The van der Waals surface area contributed by atoms with Gasteiger partial charge in [-0.2, -0.15) is 0 Å². The summed E-state index contributed by atoms with van der Waals surface area (Å²) in [6.45, 7) is 4.40. The summed E-state index contributed by atoms with van der Waals surface area (Å²) in [7, 11) is 0. The van der Waals surface area contributed by atoms with Crippen LogP contribution < -0.4 is 0 Å². The zero-order valence-corrected chi connectivity index (χ0v) is 31.9. The maximum absolute atomic E-state index is 5.11. The first kappa shape index (κ1) is 34.2. The average Bonchev–Trinajstić information content (AvgIpc) is 3.61. The van der Waals surface area contributed by atoms with Crippen molar-refractivity contribution in [3.8, 4) is 73.0 Å². The van der Waals surface area contributed by atoms with Crippen LogP contribution >= 0.6 is 0 Å². The Labute approximate surface area is 333 Å². The lowest BCUT2D eigenvalue weighted by atomic mass is 9.89. The van der Waals surface area contributed by atoms with Crippen molar-refractivity contribution < 1.29 is 0 Å². The topological polar surface area (TPSA) is 30.7 Å². The van der Waals surface area contributed by atoms with E-state index in [-0.39, 0.29) is 0 Å². The molecule has 10 rings (SSSR count). The van der Waals surface area contributed by atoms with Gasteiger partial charge in [-0.1, -0.05) is 164 Å². The lowest BCUT2D eigenvalue weighted by Crippen LogP contribution is -1.96. The van der Waals surface area contributed by atoms with Crippen LogP contribution in [0, 0.1) is 13.8 Å². The van der Waals surface area contributed by atoms with Crippen molar-refractivity contribution in [1.82, 2.24) is 14.5 Å². The molecule has 3 nitrogen and oxygen atoms in total. The Bertz CT molecular complexity index is 3010. The second kappa shape index (κ2) is 14.4. The van der Waals surface area contributed by atoms with Crippen LogP contribution in [-0.2, 0) is 0 Å². The molecule has 0 atom stereocenters. The standard InChI is InChI=1S/C54H39N3/c1-36-15-9-10-23-45(36)53-37(2)16-13-25-46(53)38-27-30-44(31-28-38)57-51-26-12-11-24-47(51)48-32-29-42(34-52(48)57)41-21-14-22-43(33-41)54-55-49(39-17-5-3-6-18-39)35-50(56-54)40-19-7-4-8-20-40/h3-35H,1-2H3. The summed E-state index contributed by atoms with van der Waals surface area (Å²) in [5.74, 6) is 0.700. The Hall–Kier alpha value is -7.36. The number of aromatic nitrogens is 3. The minimum atomic E-state index is 0.700. The third-order valence-corrected chi connectivity index (χ3v) is 11.1. The molecule has 0 N–H and O–H groups in total. The Morgan fingerprint density at radius 2 is 0.895 bits per heavy atom. The van der Waals surface area contributed by atoms with Crippen molar-refractivity contribution in [2.45, 2.75) is 13.8 Å². The molecule has 0 bridgehead atoms. The van der Waals surface area contributed by atoms with Gasteiger partial charge < -0.3 is 4.57 Å². The Morgan fingerprint density at radius 1 is 0.351 bits per heavy atom. The van der Waals surface area contributed by atoms with E-state index in [4.69, 9.17) is 9.97 Å². The van der Waals surface area contributed by atoms with Gasteiger partial charge in [0, 0.05) is 33.2 Å². The first-order chi connectivity index (χ1) is 28.1. The molecule has 0 radical (unpaired) electrons. The van der Waals surface area contributed by atoms with Gasteiger partial charge in [0.2, 0.25) is 0 Å². The van der Waals surface area contributed by atoms with Crippen molar-refractivity contribution in [2.75, 3.05) is 0 Å². The largest absolute Gasteiger partial charge is 0.309 e. The predicted molar refractivity (Wildman–Crippen MR) is 238 cm³/mol. The summed E-state index contributed by atoms with van der Waals surface area (Å²) in [5.41, 5.74) is 18.2. The zero-order valence-electron chi connectivity index (χ0n) is 31.9. The van der Waals surface area contributed by atoms with Crippen LogP contribution in [-0.4, -0.2) is 14.5 Å². The molecule has 0 aliphatic heterocycles. The van der Waals surface area contributed by atoms with Gasteiger partial charge in [-0.05, 0) is 94.8 Å². The first-order valence-corrected chi connectivity index (χ1v) is 19.5. The lowest BCUT2D eigenvalue weighted by molar-refractivity contribution is 1.18. The second-order valence-corrected chi connectivity index (χ2v) is 14.7. The molecule has 0 saturated heterocycles. The highest BCUT2D eigenvalue weighted by Gasteiger charge is 2.17. The van der Waals surface area contributed by atoms with Crippen molar-refractivity contribution in [3.05, 3.63) is 211 Å².